The highest BCUT2D eigenvalue weighted by atomic mass is 15.0. The van der Waals surface area contributed by atoms with Gasteiger partial charge in [0.25, 0.3) is 0 Å². The molecule has 0 N–H and O–H groups in total. The largest absolute Gasteiger partial charge is 0.309 e. The van der Waals surface area contributed by atoms with Gasteiger partial charge in [0.15, 0.2) is 5.82 Å². The predicted molar refractivity (Wildman–Crippen MR) is 280 cm³/mol. The van der Waals surface area contributed by atoms with E-state index in [1.807, 2.05) is 12.1 Å². The van der Waals surface area contributed by atoms with E-state index in [9.17, 15) is 21.0 Å². The normalized spacial score (nSPS) is 11.3. The average molecular weight is 904 g/mol. The zero-order valence-corrected chi connectivity index (χ0v) is 37.6. The van der Waals surface area contributed by atoms with Crippen molar-refractivity contribution in [1.29, 1.82) is 21.0 Å². The van der Waals surface area contributed by atoms with Crippen LogP contribution in [0.15, 0.2) is 200 Å². The number of hydrogen-bond donors (Lipinski definition) is 0. The predicted octanol–water partition coefficient (Wildman–Crippen LogP) is 14.3. The number of para-hydroxylation sites is 4. The van der Waals surface area contributed by atoms with Gasteiger partial charge in [0.1, 0.15) is 6.07 Å². The molecule has 13 rings (SSSR count). The van der Waals surface area contributed by atoms with Crippen LogP contribution in [0.25, 0.3) is 116 Å². The Kier molecular flexibility index (Phi) is 9.19. The molecule has 13 aromatic rings. The van der Waals surface area contributed by atoms with Crippen LogP contribution in [0, 0.1) is 45.3 Å². The Balaban J connectivity index is 1.06. The molecule has 0 unspecified atom stereocenters. The Morgan fingerprint density at radius 2 is 0.746 bits per heavy atom. The molecule has 0 aliphatic rings. The van der Waals surface area contributed by atoms with Gasteiger partial charge in [0.05, 0.1) is 90.6 Å². The van der Waals surface area contributed by atoms with Crippen LogP contribution in [0.5, 0.6) is 0 Å². The summed E-state index contributed by atoms with van der Waals surface area (Å²) in [4.78, 5) is 9.92. The van der Waals surface area contributed by atoms with Gasteiger partial charge in [0, 0.05) is 60.4 Å². The Bertz CT molecular complexity index is 4210. The lowest BCUT2D eigenvalue weighted by Gasteiger charge is -2.15. The third-order valence-corrected chi connectivity index (χ3v) is 13.6. The number of hydrogen-bond acceptors (Lipinski definition) is 6. The lowest BCUT2D eigenvalue weighted by Crippen LogP contribution is -2.02. The molecule has 0 aliphatic carbocycles. The molecule has 0 saturated carbocycles. The number of rotatable bonds is 6. The van der Waals surface area contributed by atoms with Crippen molar-refractivity contribution >= 4 is 65.4 Å². The lowest BCUT2D eigenvalue weighted by molar-refractivity contribution is 1.14. The van der Waals surface area contributed by atoms with E-state index in [0.29, 0.717) is 56.3 Å². The Hall–Kier alpha value is -10.6. The third-order valence-electron chi connectivity index (χ3n) is 13.6. The van der Waals surface area contributed by atoms with Crippen molar-refractivity contribution in [3.63, 3.8) is 0 Å². The molecule has 0 radical (unpaired) electrons. The quantitative estimate of drug-likeness (QED) is 0.163. The van der Waals surface area contributed by atoms with Crippen LogP contribution in [0.1, 0.15) is 22.3 Å². The molecule has 9 aromatic carbocycles. The molecule has 0 aliphatic heterocycles. The number of nitrogens with zero attached hydrogens (tertiary/aromatic N) is 9. The fourth-order valence-corrected chi connectivity index (χ4v) is 10.4. The number of aromatic nitrogens is 5. The van der Waals surface area contributed by atoms with E-state index in [0.717, 1.165) is 60.8 Å². The van der Waals surface area contributed by atoms with Crippen LogP contribution in [0.4, 0.5) is 0 Å². The van der Waals surface area contributed by atoms with E-state index in [4.69, 9.17) is 9.97 Å². The second kappa shape index (κ2) is 16.0. The molecule has 4 heterocycles. The van der Waals surface area contributed by atoms with Crippen molar-refractivity contribution in [2.24, 2.45) is 0 Å². The van der Waals surface area contributed by atoms with Gasteiger partial charge in [-0.1, -0.05) is 84.9 Å². The first-order valence-electron chi connectivity index (χ1n) is 23.0. The molecule has 4 aromatic heterocycles. The van der Waals surface area contributed by atoms with E-state index in [-0.39, 0.29) is 0 Å². The third kappa shape index (κ3) is 6.37. The van der Waals surface area contributed by atoms with Crippen molar-refractivity contribution < 1.29 is 0 Å². The molecular formula is C62H33N9. The van der Waals surface area contributed by atoms with Gasteiger partial charge < -0.3 is 13.7 Å². The van der Waals surface area contributed by atoms with E-state index in [1.165, 1.54) is 21.5 Å². The first kappa shape index (κ1) is 40.7. The van der Waals surface area contributed by atoms with Gasteiger partial charge in [-0.05, 0) is 115 Å². The van der Waals surface area contributed by atoms with Crippen LogP contribution >= 0.6 is 0 Å². The summed E-state index contributed by atoms with van der Waals surface area (Å²) in [5.41, 5.74) is 13.2. The van der Waals surface area contributed by atoms with Gasteiger partial charge in [0.2, 0.25) is 0 Å². The average Bonchev–Trinajstić information content (AvgIpc) is 4.07. The highest BCUT2D eigenvalue weighted by molar-refractivity contribution is 6.14. The van der Waals surface area contributed by atoms with Gasteiger partial charge in [-0.15, -0.1) is 0 Å². The van der Waals surface area contributed by atoms with Gasteiger partial charge in [-0.25, -0.2) is 9.97 Å². The number of nitriles is 4. The van der Waals surface area contributed by atoms with Crippen molar-refractivity contribution in [3.05, 3.63) is 222 Å². The summed E-state index contributed by atoms with van der Waals surface area (Å²) < 4.78 is 6.73. The van der Waals surface area contributed by atoms with Crippen molar-refractivity contribution in [1.82, 2.24) is 23.7 Å². The van der Waals surface area contributed by atoms with Crippen molar-refractivity contribution in [2.45, 2.75) is 0 Å². The minimum Gasteiger partial charge on any atom is -0.309 e. The van der Waals surface area contributed by atoms with Crippen LogP contribution in [0.3, 0.4) is 0 Å². The molecule has 0 bridgehead atoms. The molecule has 71 heavy (non-hydrogen) atoms. The molecular weight excluding hydrogens is 871 g/mol. The first-order valence-corrected chi connectivity index (χ1v) is 23.0. The summed E-state index contributed by atoms with van der Waals surface area (Å²) in [5.74, 6) is 0.373. The van der Waals surface area contributed by atoms with Crippen LogP contribution < -0.4 is 0 Å². The SMILES string of the molecule is N#Cc1ccc(-c2cc(-c3cc(C#N)c(-n4c5ccc(-n6c7ccccc7c7ccccc76)cc5c5cc(-n6c7ccccc7c7ccccc76)ccc54)cc3C#N)nc(-c3ccc(C#N)cc3)n2)cc1. The fraction of sp³-hybridized carbons (Fsp3) is 0. The van der Waals surface area contributed by atoms with Crippen molar-refractivity contribution in [2.75, 3.05) is 0 Å². The lowest BCUT2D eigenvalue weighted by atomic mass is 9.98. The second-order valence-corrected chi connectivity index (χ2v) is 17.5. The summed E-state index contributed by atoms with van der Waals surface area (Å²) >= 11 is 0. The standard InChI is InChI=1S/C62H33N9/c63-34-38-17-21-40(22-18-38)53-33-54(68-62(67-53)41-23-19-39(35-64)20-24-41)50-29-43(37-66)61(30-42(50)36-65)71-59-27-25-44(69-55-13-5-1-9-46(55)47-10-2-6-14-56(47)69)31-51(59)52-32-45(26-28-60(52)71)70-57-15-7-3-11-48(57)49-12-4-8-16-58(49)70/h1-33H. The number of benzene rings is 9. The molecule has 0 saturated heterocycles. The van der Waals surface area contributed by atoms with Crippen molar-refractivity contribution in [3.8, 4) is 75.2 Å². The molecule has 9 nitrogen and oxygen atoms in total. The minimum absolute atomic E-state index is 0.313. The summed E-state index contributed by atoms with van der Waals surface area (Å²) in [5, 5.41) is 47.9. The van der Waals surface area contributed by atoms with E-state index < -0.39 is 0 Å². The zero-order valence-electron chi connectivity index (χ0n) is 37.6. The number of fused-ring (bicyclic) bond motifs is 9. The maximum absolute atomic E-state index is 11.2. The Morgan fingerprint density at radius 1 is 0.324 bits per heavy atom. The van der Waals surface area contributed by atoms with Gasteiger partial charge in [-0.2, -0.15) is 21.0 Å². The molecule has 326 valence electrons. The smallest absolute Gasteiger partial charge is 0.160 e. The summed E-state index contributed by atoms with van der Waals surface area (Å²) in [6.45, 7) is 0. The minimum atomic E-state index is 0.313. The summed E-state index contributed by atoms with van der Waals surface area (Å²) in [6.07, 6.45) is 0. The van der Waals surface area contributed by atoms with Crippen LogP contribution in [0.2, 0.25) is 0 Å². The van der Waals surface area contributed by atoms with Gasteiger partial charge in [-0.3, -0.25) is 0 Å². The fourth-order valence-electron chi connectivity index (χ4n) is 10.4. The molecule has 9 heteroatoms. The van der Waals surface area contributed by atoms with Crippen LogP contribution in [-0.2, 0) is 0 Å². The van der Waals surface area contributed by atoms with E-state index in [2.05, 4.69) is 171 Å². The maximum Gasteiger partial charge on any atom is 0.160 e. The van der Waals surface area contributed by atoms with E-state index >= 15 is 0 Å². The topological polar surface area (TPSA) is 136 Å². The summed E-state index contributed by atoms with van der Waals surface area (Å²) in [6, 6.07) is 75.6. The Labute approximate surface area is 406 Å². The first-order chi connectivity index (χ1) is 35.0. The zero-order chi connectivity index (χ0) is 47.7. The monoisotopic (exact) mass is 903 g/mol. The van der Waals surface area contributed by atoms with Gasteiger partial charge >= 0.3 is 0 Å². The maximum atomic E-state index is 11.2. The van der Waals surface area contributed by atoms with Crippen LogP contribution in [-0.4, -0.2) is 23.7 Å². The second-order valence-electron chi connectivity index (χ2n) is 17.5. The molecule has 0 atom stereocenters. The molecule has 0 spiro atoms. The Morgan fingerprint density at radius 3 is 1.20 bits per heavy atom. The summed E-state index contributed by atoms with van der Waals surface area (Å²) in [7, 11) is 0. The van der Waals surface area contributed by atoms with E-state index in [1.54, 1.807) is 54.6 Å². The highest BCUT2D eigenvalue weighted by Gasteiger charge is 2.23. The highest BCUT2D eigenvalue weighted by Crippen LogP contribution is 2.41. The molecule has 0 amide bonds. The molecule has 0 fully saturated rings.